The van der Waals surface area contributed by atoms with E-state index in [1.165, 1.54) is 18.4 Å². The molecule has 6 heteroatoms. The van der Waals surface area contributed by atoms with Crippen LogP contribution in [0.1, 0.15) is 29.7 Å². The Balaban J connectivity index is 1.32. The fourth-order valence-corrected chi connectivity index (χ4v) is 3.62. The van der Waals surface area contributed by atoms with Crippen molar-refractivity contribution in [1.29, 1.82) is 0 Å². The summed E-state index contributed by atoms with van der Waals surface area (Å²) in [6.07, 6.45) is 4.46. The standard InChI is InChI=1S/C22H27N5O/c1-16-18-7-3-4-8-19(18)28-20(16)15-26-22(23-2)25-14-17-9-10-21(24-13-17)27-11-5-6-12-27/h3-4,7-10,13H,5-6,11-12,14-15H2,1-2H3,(H2,23,25,26). The summed E-state index contributed by atoms with van der Waals surface area (Å²) in [4.78, 5) is 11.3. The number of pyridine rings is 1. The largest absolute Gasteiger partial charge is 0.459 e. The molecule has 6 nitrogen and oxygen atoms in total. The van der Waals surface area contributed by atoms with Crippen molar-refractivity contribution in [3.05, 3.63) is 59.5 Å². The summed E-state index contributed by atoms with van der Waals surface area (Å²) in [5, 5.41) is 7.83. The van der Waals surface area contributed by atoms with Crippen LogP contribution in [0.15, 0.2) is 52.0 Å². The second kappa shape index (κ2) is 8.33. The number of anilines is 1. The number of nitrogens with one attached hydrogen (secondary N) is 2. The first-order valence-corrected chi connectivity index (χ1v) is 9.86. The highest BCUT2D eigenvalue weighted by atomic mass is 16.3. The van der Waals surface area contributed by atoms with E-state index in [1.807, 2.05) is 24.4 Å². The molecule has 1 aliphatic heterocycles. The Hall–Kier alpha value is -3.02. The average Bonchev–Trinajstić information content (AvgIpc) is 3.38. The Morgan fingerprint density at radius 3 is 2.61 bits per heavy atom. The summed E-state index contributed by atoms with van der Waals surface area (Å²) in [7, 11) is 1.77. The minimum Gasteiger partial charge on any atom is -0.459 e. The van der Waals surface area contributed by atoms with Gasteiger partial charge in [-0.05, 0) is 37.5 Å². The average molecular weight is 377 g/mol. The molecule has 0 atom stereocenters. The number of rotatable bonds is 5. The maximum absolute atomic E-state index is 5.96. The molecule has 146 valence electrons. The van der Waals surface area contributed by atoms with E-state index in [4.69, 9.17) is 4.42 Å². The smallest absolute Gasteiger partial charge is 0.191 e. The number of fused-ring (bicyclic) bond motifs is 1. The number of furan rings is 1. The summed E-state index contributed by atoms with van der Waals surface area (Å²) in [6, 6.07) is 12.3. The van der Waals surface area contributed by atoms with E-state index in [2.05, 4.69) is 50.6 Å². The topological polar surface area (TPSA) is 65.7 Å². The van der Waals surface area contributed by atoms with Crippen molar-refractivity contribution in [3.8, 4) is 0 Å². The number of aliphatic imine (C=N–C) groups is 1. The Bertz CT molecular complexity index is 955. The van der Waals surface area contributed by atoms with Gasteiger partial charge in [0.2, 0.25) is 0 Å². The van der Waals surface area contributed by atoms with Crippen molar-refractivity contribution in [3.63, 3.8) is 0 Å². The quantitative estimate of drug-likeness (QED) is 0.525. The molecule has 0 spiro atoms. The minimum absolute atomic E-state index is 0.590. The third-order valence-electron chi connectivity index (χ3n) is 5.28. The molecule has 1 aromatic carbocycles. The van der Waals surface area contributed by atoms with E-state index in [-0.39, 0.29) is 0 Å². The van der Waals surface area contributed by atoms with Gasteiger partial charge in [0.15, 0.2) is 5.96 Å². The van der Waals surface area contributed by atoms with Gasteiger partial charge in [0, 0.05) is 43.8 Å². The molecule has 28 heavy (non-hydrogen) atoms. The van der Waals surface area contributed by atoms with Crippen molar-refractivity contribution in [2.24, 2.45) is 4.99 Å². The first-order valence-electron chi connectivity index (χ1n) is 9.86. The molecule has 3 aromatic rings. The van der Waals surface area contributed by atoms with E-state index in [0.717, 1.165) is 47.2 Å². The van der Waals surface area contributed by atoms with Gasteiger partial charge in [-0.2, -0.15) is 0 Å². The van der Waals surface area contributed by atoms with E-state index in [1.54, 1.807) is 7.05 Å². The predicted molar refractivity (Wildman–Crippen MR) is 114 cm³/mol. The van der Waals surface area contributed by atoms with Crippen molar-refractivity contribution in [2.75, 3.05) is 25.0 Å². The SMILES string of the molecule is CN=C(NCc1ccc(N2CCCC2)nc1)NCc1oc2ccccc2c1C. The summed E-state index contributed by atoms with van der Waals surface area (Å²) in [5.41, 5.74) is 3.22. The van der Waals surface area contributed by atoms with Crippen LogP contribution in [0.5, 0.6) is 0 Å². The Morgan fingerprint density at radius 1 is 1.11 bits per heavy atom. The molecule has 4 rings (SSSR count). The molecule has 1 aliphatic rings. The Labute approximate surface area is 165 Å². The number of aryl methyl sites for hydroxylation is 1. The molecule has 2 aromatic heterocycles. The molecule has 0 bridgehead atoms. The maximum Gasteiger partial charge on any atom is 0.191 e. The molecule has 0 amide bonds. The van der Waals surface area contributed by atoms with Gasteiger partial charge in [-0.25, -0.2) is 4.98 Å². The summed E-state index contributed by atoms with van der Waals surface area (Å²) in [5.74, 6) is 2.74. The van der Waals surface area contributed by atoms with Gasteiger partial charge in [-0.3, -0.25) is 4.99 Å². The van der Waals surface area contributed by atoms with Gasteiger partial charge in [0.05, 0.1) is 6.54 Å². The number of para-hydroxylation sites is 1. The van der Waals surface area contributed by atoms with Crippen LogP contribution >= 0.6 is 0 Å². The van der Waals surface area contributed by atoms with E-state index < -0.39 is 0 Å². The number of hydrogen-bond donors (Lipinski definition) is 2. The number of aromatic nitrogens is 1. The molecule has 2 N–H and O–H groups in total. The highest BCUT2D eigenvalue weighted by Crippen LogP contribution is 2.24. The monoisotopic (exact) mass is 377 g/mol. The van der Waals surface area contributed by atoms with Crippen LogP contribution in [0.25, 0.3) is 11.0 Å². The first-order chi connectivity index (χ1) is 13.7. The number of guanidine groups is 1. The van der Waals surface area contributed by atoms with Gasteiger partial charge < -0.3 is 20.0 Å². The molecule has 0 aliphatic carbocycles. The summed E-state index contributed by atoms with van der Waals surface area (Å²) in [6.45, 7) is 5.58. The zero-order chi connectivity index (χ0) is 19.3. The molecule has 0 radical (unpaired) electrons. The van der Waals surface area contributed by atoms with Crippen molar-refractivity contribution < 1.29 is 4.42 Å². The molecule has 3 heterocycles. The van der Waals surface area contributed by atoms with Crippen LogP contribution in [-0.2, 0) is 13.1 Å². The highest BCUT2D eigenvalue weighted by Gasteiger charge is 2.13. The van der Waals surface area contributed by atoms with Gasteiger partial charge in [-0.15, -0.1) is 0 Å². The van der Waals surface area contributed by atoms with Crippen molar-refractivity contribution in [2.45, 2.75) is 32.9 Å². The van der Waals surface area contributed by atoms with E-state index in [0.29, 0.717) is 13.1 Å². The van der Waals surface area contributed by atoms with Crippen LogP contribution in [0.3, 0.4) is 0 Å². The summed E-state index contributed by atoms with van der Waals surface area (Å²) >= 11 is 0. The number of hydrogen-bond acceptors (Lipinski definition) is 4. The van der Waals surface area contributed by atoms with Crippen LogP contribution in [0.2, 0.25) is 0 Å². The zero-order valence-electron chi connectivity index (χ0n) is 16.5. The van der Waals surface area contributed by atoms with Crippen LogP contribution in [0.4, 0.5) is 5.82 Å². The van der Waals surface area contributed by atoms with Crippen LogP contribution in [0, 0.1) is 6.92 Å². The second-order valence-electron chi connectivity index (χ2n) is 7.14. The lowest BCUT2D eigenvalue weighted by Gasteiger charge is -2.16. The van der Waals surface area contributed by atoms with Crippen molar-refractivity contribution in [1.82, 2.24) is 15.6 Å². The molecular formula is C22H27N5O. The molecular weight excluding hydrogens is 350 g/mol. The Kier molecular flexibility index (Phi) is 5.46. The highest BCUT2D eigenvalue weighted by molar-refractivity contribution is 5.82. The lowest BCUT2D eigenvalue weighted by Crippen LogP contribution is -2.36. The lowest BCUT2D eigenvalue weighted by molar-refractivity contribution is 0.534. The van der Waals surface area contributed by atoms with Gasteiger partial charge in [-0.1, -0.05) is 24.3 Å². The van der Waals surface area contributed by atoms with E-state index >= 15 is 0 Å². The van der Waals surface area contributed by atoms with Gasteiger partial charge in [0.25, 0.3) is 0 Å². The second-order valence-corrected chi connectivity index (χ2v) is 7.14. The zero-order valence-corrected chi connectivity index (χ0v) is 16.5. The Morgan fingerprint density at radius 2 is 1.89 bits per heavy atom. The normalized spacial score (nSPS) is 14.6. The third-order valence-corrected chi connectivity index (χ3v) is 5.28. The molecule has 0 saturated carbocycles. The first kappa shape index (κ1) is 18.3. The molecule has 0 unspecified atom stereocenters. The molecule has 1 fully saturated rings. The summed E-state index contributed by atoms with van der Waals surface area (Å²) < 4.78 is 5.96. The lowest BCUT2D eigenvalue weighted by atomic mass is 10.1. The molecule has 1 saturated heterocycles. The fraction of sp³-hybridized carbons (Fsp3) is 0.364. The fourth-order valence-electron chi connectivity index (χ4n) is 3.62. The predicted octanol–water partition coefficient (Wildman–Crippen LogP) is 3.60. The van der Waals surface area contributed by atoms with Gasteiger partial charge >= 0.3 is 0 Å². The van der Waals surface area contributed by atoms with Crippen LogP contribution < -0.4 is 15.5 Å². The number of benzene rings is 1. The van der Waals surface area contributed by atoms with Crippen LogP contribution in [-0.4, -0.2) is 31.1 Å². The number of nitrogens with zero attached hydrogens (tertiary/aromatic N) is 3. The van der Waals surface area contributed by atoms with Crippen molar-refractivity contribution >= 4 is 22.7 Å². The van der Waals surface area contributed by atoms with Gasteiger partial charge in [0.1, 0.15) is 17.2 Å². The third kappa shape index (κ3) is 3.96. The minimum atomic E-state index is 0.590. The maximum atomic E-state index is 5.96. The van der Waals surface area contributed by atoms with E-state index in [9.17, 15) is 0 Å².